The monoisotopic (exact) mass is 872 g/mol. The van der Waals surface area contributed by atoms with Gasteiger partial charge >= 0.3 is 0 Å². The van der Waals surface area contributed by atoms with Gasteiger partial charge in [0.05, 0.1) is 43.0 Å². The van der Waals surface area contributed by atoms with Crippen LogP contribution in [0.3, 0.4) is 0 Å². The van der Waals surface area contributed by atoms with Crippen LogP contribution in [-0.2, 0) is 18.9 Å². The summed E-state index contributed by atoms with van der Waals surface area (Å²) in [6, 6.07) is 11.7. The van der Waals surface area contributed by atoms with E-state index in [1.165, 1.54) is 83.5 Å². The van der Waals surface area contributed by atoms with Gasteiger partial charge in [0.15, 0.2) is 30.9 Å². The highest BCUT2D eigenvalue weighted by molar-refractivity contribution is 5.93. The fourth-order valence-electron chi connectivity index (χ4n) is 9.26. The molecule has 4 aliphatic rings. The molecule has 63 heavy (non-hydrogen) atoms. The SMILES string of the molecule is CCCCCCCCCCCCCCCCC=Cn1c(-c2ccc(OC3CCCCO3)cc2)c(OC2CCCCO2)c(=O)c2c(OC3CCCCO3)cc(OC3CCCCO3)cc21. The van der Waals surface area contributed by atoms with Gasteiger partial charge in [0.25, 0.3) is 0 Å². The summed E-state index contributed by atoms with van der Waals surface area (Å²) in [7, 11) is 0. The first kappa shape index (κ1) is 47.4. The third-order valence-corrected chi connectivity index (χ3v) is 12.9. The molecule has 0 bridgehead atoms. The third-order valence-electron chi connectivity index (χ3n) is 12.9. The van der Waals surface area contributed by atoms with Crippen LogP contribution in [0.1, 0.15) is 180 Å². The summed E-state index contributed by atoms with van der Waals surface area (Å²) < 4.78 is 52.4. The number of hydrogen-bond donors (Lipinski definition) is 0. The lowest BCUT2D eigenvalue weighted by atomic mass is 10.0. The van der Waals surface area contributed by atoms with Gasteiger partial charge in [-0.15, -0.1) is 0 Å². The van der Waals surface area contributed by atoms with Gasteiger partial charge in [-0.2, -0.15) is 0 Å². The van der Waals surface area contributed by atoms with Gasteiger partial charge in [-0.1, -0.05) is 96.5 Å². The lowest BCUT2D eigenvalue weighted by Crippen LogP contribution is -2.29. The topological polar surface area (TPSA) is 95.8 Å². The maximum atomic E-state index is 15.2. The van der Waals surface area contributed by atoms with Crippen molar-refractivity contribution in [3.05, 3.63) is 52.7 Å². The summed E-state index contributed by atoms with van der Waals surface area (Å²) in [5.41, 5.74) is 1.87. The number of fused-ring (bicyclic) bond motifs is 1. The Morgan fingerprint density at radius 2 is 1.03 bits per heavy atom. The number of aromatic nitrogens is 1. The standard InChI is InChI=1S/C53H77NO9/c1-2-3-4-5-6-7-8-9-10-11-12-13-14-15-16-21-34-54-44-39-43(61-47-27-18-23-36-57-47)40-45(62-48-28-19-24-37-58-48)50(44)52(55)53(63-49-29-20-25-38-59-49)51(54)41-30-32-42(33-31-41)60-46-26-17-22-35-56-46/h21,30-34,39-40,46-49H,2-20,22-29,35-38H2,1H3. The van der Waals surface area contributed by atoms with Crippen molar-refractivity contribution < 1.29 is 37.9 Å². The van der Waals surface area contributed by atoms with Crippen LogP contribution in [-0.4, -0.2) is 56.2 Å². The number of ether oxygens (including phenoxy) is 8. The number of hydrogen-bond acceptors (Lipinski definition) is 9. The van der Waals surface area contributed by atoms with Gasteiger partial charge in [-0.3, -0.25) is 4.79 Å². The maximum absolute atomic E-state index is 15.2. The Morgan fingerprint density at radius 3 is 1.54 bits per heavy atom. The van der Waals surface area contributed by atoms with Crippen LogP contribution in [0.25, 0.3) is 28.4 Å². The van der Waals surface area contributed by atoms with Crippen molar-refractivity contribution in [2.45, 2.75) is 205 Å². The van der Waals surface area contributed by atoms with Gasteiger partial charge in [0, 0.05) is 49.6 Å². The minimum Gasteiger partial charge on any atom is -0.465 e. The first-order valence-corrected chi connectivity index (χ1v) is 25.3. The summed E-state index contributed by atoms with van der Waals surface area (Å²) in [6.07, 6.45) is 33.4. The molecular weight excluding hydrogens is 795 g/mol. The van der Waals surface area contributed by atoms with Crippen molar-refractivity contribution in [1.29, 1.82) is 0 Å². The van der Waals surface area contributed by atoms with E-state index in [4.69, 9.17) is 37.9 Å². The van der Waals surface area contributed by atoms with Crippen LogP contribution in [0.4, 0.5) is 0 Å². The van der Waals surface area contributed by atoms with Crippen LogP contribution >= 0.6 is 0 Å². The lowest BCUT2D eigenvalue weighted by Gasteiger charge is -2.28. The Hall–Kier alpha value is -3.57. The zero-order chi connectivity index (χ0) is 43.3. The van der Waals surface area contributed by atoms with Crippen molar-refractivity contribution in [2.75, 3.05) is 26.4 Å². The number of allylic oxidation sites excluding steroid dienone is 1. The van der Waals surface area contributed by atoms with Crippen LogP contribution < -0.4 is 24.4 Å². The molecule has 348 valence electrons. The molecule has 7 rings (SSSR count). The second-order valence-corrected chi connectivity index (χ2v) is 18.1. The van der Waals surface area contributed by atoms with E-state index in [1.807, 2.05) is 36.4 Å². The minimum atomic E-state index is -0.543. The molecule has 0 saturated carbocycles. The van der Waals surface area contributed by atoms with Crippen molar-refractivity contribution >= 4 is 17.1 Å². The van der Waals surface area contributed by atoms with Gasteiger partial charge < -0.3 is 42.5 Å². The molecule has 4 fully saturated rings. The molecule has 0 amide bonds. The second-order valence-electron chi connectivity index (χ2n) is 18.1. The number of pyridine rings is 1. The summed E-state index contributed by atoms with van der Waals surface area (Å²) in [5.74, 6) is 1.96. The van der Waals surface area contributed by atoms with E-state index < -0.39 is 12.6 Å². The average molecular weight is 872 g/mol. The van der Waals surface area contributed by atoms with Crippen LogP contribution in [0, 0.1) is 0 Å². The zero-order valence-electron chi connectivity index (χ0n) is 38.5. The Balaban J connectivity index is 1.18. The third kappa shape index (κ3) is 14.7. The molecule has 1 aromatic heterocycles. The molecule has 0 spiro atoms. The molecule has 2 aromatic carbocycles. The van der Waals surface area contributed by atoms with E-state index in [9.17, 15) is 0 Å². The lowest BCUT2D eigenvalue weighted by molar-refractivity contribution is -0.108. The predicted octanol–water partition coefficient (Wildman–Crippen LogP) is 13.6. The normalized spacial score (nSPS) is 22.0. The Labute approximate surface area is 377 Å². The molecule has 0 N–H and O–H groups in total. The summed E-state index contributed by atoms with van der Waals surface area (Å²) >= 11 is 0. The minimum absolute atomic E-state index is 0.235. The zero-order valence-corrected chi connectivity index (χ0v) is 38.5. The molecule has 0 aliphatic carbocycles. The van der Waals surface area contributed by atoms with Crippen LogP contribution in [0.5, 0.6) is 23.0 Å². The molecule has 3 aromatic rings. The highest BCUT2D eigenvalue weighted by Crippen LogP contribution is 2.40. The van der Waals surface area contributed by atoms with Crippen molar-refractivity contribution in [3.63, 3.8) is 0 Å². The van der Waals surface area contributed by atoms with Crippen LogP contribution in [0.15, 0.2) is 47.3 Å². The number of unbranched alkanes of at least 4 members (excludes halogenated alkanes) is 14. The van der Waals surface area contributed by atoms with Crippen molar-refractivity contribution in [3.8, 4) is 34.3 Å². The Kier molecular flexibility index (Phi) is 19.9. The number of benzene rings is 2. The first-order valence-electron chi connectivity index (χ1n) is 25.3. The van der Waals surface area contributed by atoms with E-state index in [0.29, 0.717) is 60.9 Å². The quantitative estimate of drug-likeness (QED) is 0.0771. The Bertz CT molecular complexity index is 1850. The molecule has 0 radical (unpaired) electrons. The molecule has 4 atom stereocenters. The average Bonchev–Trinajstić information content (AvgIpc) is 3.32. The molecular formula is C53H77NO9. The van der Waals surface area contributed by atoms with E-state index in [-0.39, 0.29) is 23.8 Å². The van der Waals surface area contributed by atoms with Gasteiger partial charge in [0.2, 0.25) is 5.43 Å². The van der Waals surface area contributed by atoms with Gasteiger partial charge in [-0.25, -0.2) is 0 Å². The van der Waals surface area contributed by atoms with Gasteiger partial charge in [-0.05, 0) is 88.5 Å². The maximum Gasteiger partial charge on any atom is 0.235 e. The van der Waals surface area contributed by atoms with E-state index >= 15 is 4.79 Å². The predicted molar refractivity (Wildman–Crippen MR) is 251 cm³/mol. The second kappa shape index (κ2) is 26.4. The van der Waals surface area contributed by atoms with Crippen LogP contribution in [0.2, 0.25) is 0 Å². The molecule has 4 saturated heterocycles. The van der Waals surface area contributed by atoms with E-state index in [0.717, 1.165) is 94.8 Å². The smallest absolute Gasteiger partial charge is 0.235 e. The number of nitrogens with zero attached hydrogens (tertiary/aromatic N) is 1. The Morgan fingerprint density at radius 1 is 0.556 bits per heavy atom. The molecule has 4 aliphatic heterocycles. The molecule has 10 nitrogen and oxygen atoms in total. The summed E-state index contributed by atoms with van der Waals surface area (Å²) in [6.45, 7) is 4.86. The highest BCUT2D eigenvalue weighted by Gasteiger charge is 2.29. The van der Waals surface area contributed by atoms with Crippen molar-refractivity contribution in [2.24, 2.45) is 0 Å². The summed E-state index contributed by atoms with van der Waals surface area (Å²) in [5, 5.41) is 0.422. The number of rotatable bonds is 25. The van der Waals surface area contributed by atoms with Crippen molar-refractivity contribution in [1.82, 2.24) is 4.57 Å². The van der Waals surface area contributed by atoms with E-state index in [2.05, 4.69) is 23.8 Å². The molecule has 4 unspecified atom stereocenters. The molecule has 10 heteroatoms. The fraction of sp³-hybridized carbons (Fsp3) is 0.679. The van der Waals surface area contributed by atoms with Gasteiger partial charge in [0.1, 0.15) is 17.2 Å². The fourth-order valence-corrected chi connectivity index (χ4v) is 9.26. The first-order chi connectivity index (χ1) is 31.2. The molecule has 5 heterocycles. The summed E-state index contributed by atoms with van der Waals surface area (Å²) in [4.78, 5) is 15.2. The largest absolute Gasteiger partial charge is 0.465 e. The van der Waals surface area contributed by atoms with E-state index in [1.54, 1.807) is 0 Å². The highest BCUT2D eigenvalue weighted by atomic mass is 16.7.